The molecule has 1 aromatic rings. The minimum absolute atomic E-state index is 0.609. The second-order valence-corrected chi connectivity index (χ2v) is 6.37. The smallest absolute Gasteiger partial charge is 0.0325 e. The average molecular weight is 247 g/mol. The lowest BCUT2D eigenvalue weighted by atomic mass is 9.98. The quantitative estimate of drug-likeness (QED) is 0.802. The summed E-state index contributed by atoms with van der Waals surface area (Å²) in [6.45, 7) is 0. The van der Waals surface area contributed by atoms with E-state index in [9.17, 15) is 0 Å². The molecule has 0 saturated carbocycles. The van der Waals surface area contributed by atoms with Gasteiger partial charge in [0.25, 0.3) is 0 Å². The Hall–Kier alpha value is -0.470. The van der Waals surface area contributed by atoms with Crippen LogP contribution in [0.15, 0.2) is 24.3 Å². The van der Waals surface area contributed by atoms with Crippen LogP contribution < -0.4 is 5.32 Å². The molecule has 2 unspecified atom stereocenters. The Balaban J connectivity index is 1.78. The largest absolute Gasteiger partial charge is 0.306 e. The molecule has 0 amide bonds. The normalized spacial score (nSPS) is 28.7. The molecular formula is C15H21NS. The highest BCUT2D eigenvalue weighted by Gasteiger charge is 2.23. The van der Waals surface area contributed by atoms with Gasteiger partial charge in [-0.15, -0.1) is 0 Å². The van der Waals surface area contributed by atoms with Crippen LogP contribution in [0.2, 0.25) is 0 Å². The maximum Gasteiger partial charge on any atom is 0.0325 e. The first kappa shape index (κ1) is 11.6. The zero-order valence-corrected chi connectivity index (χ0v) is 11.1. The summed E-state index contributed by atoms with van der Waals surface area (Å²) in [6, 6.07) is 10.4. The van der Waals surface area contributed by atoms with E-state index in [1.165, 1.54) is 43.6 Å². The molecule has 1 N–H and O–H groups in total. The molecule has 0 radical (unpaired) electrons. The summed E-state index contributed by atoms with van der Waals surface area (Å²) in [5.74, 6) is 2.64. The van der Waals surface area contributed by atoms with E-state index in [0.717, 1.165) is 6.04 Å². The van der Waals surface area contributed by atoms with Crippen molar-refractivity contribution in [1.29, 1.82) is 0 Å². The van der Waals surface area contributed by atoms with Gasteiger partial charge >= 0.3 is 0 Å². The molecule has 2 aliphatic rings. The van der Waals surface area contributed by atoms with E-state index in [2.05, 4.69) is 41.3 Å². The van der Waals surface area contributed by atoms with Gasteiger partial charge in [0.2, 0.25) is 0 Å². The van der Waals surface area contributed by atoms with Crippen molar-refractivity contribution in [2.24, 2.45) is 0 Å². The van der Waals surface area contributed by atoms with Gasteiger partial charge < -0.3 is 5.32 Å². The van der Waals surface area contributed by atoms with Gasteiger partial charge in [0, 0.05) is 17.8 Å². The molecule has 3 rings (SSSR count). The van der Waals surface area contributed by atoms with Gasteiger partial charge in [-0.2, -0.15) is 11.8 Å². The molecule has 92 valence electrons. The number of nitrogens with one attached hydrogen (secondary N) is 1. The molecule has 0 aromatic heterocycles. The fourth-order valence-electron chi connectivity index (χ4n) is 3.04. The Kier molecular flexibility index (Phi) is 3.72. The van der Waals surface area contributed by atoms with Crippen molar-refractivity contribution in [1.82, 2.24) is 5.32 Å². The Morgan fingerprint density at radius 3 is 2.94 bits per heavy atom. The number of rotatable bonds is 2. The minimum Gasteiger partial charge on any atom is -0.306 e. The predicted octanol–water partition coefficient (Wildman–Crippen LogP) is 3.55. The first-order valence-corrected chi connectivity index (χ1v) is 8.00. The van der Waals surface area contributed by atoms with Gasteiger partial charge in [0.15, 0.2) is 0 Å². The second-order valence-electron chi connectivity index (χ2n) is 5.22. The van der Waals surface area contributed by atoms with Gasteiger partial charge in [-0.1, -0.05) is 30.7 Å². The van der Waals surface area contributed by atoms with Gasteiger partial charge in [-0.05, 0) is 42.6 Å². The Morgan fingerprint density at radius 2 is 2.06 bits per heavy atom. The minimum atomic E-state index is 0.609. The highest BCUT2D eigenvalue weighted by atomic mass is 32.2. The maximum absolute atomic E-state index is 3.89. The fourth-order valence-corrected chi connectivity index (χ4v) is 4.21. The molecule has 1 aliphatic heterocycles. The van der Waals surface area contributed by atoms with Gasteiger partial charge in [0.1, 0.15) is 0 Å². The first-order chi connectivity index (χ1) is 8.43. The molecule has 1 saturated heterocycles. The molecule has 0 bridgehead atoms. The number of hydrogen-bond acceptors (Lipinski definition) is 2. The monoisotopic (exact) mass is 247 g/mol. The molecule has 1 fully saturated rings. The fraction of sp³-hybridized carbons (Fsp3) is 0.600. The van der Waals surface area contributed by atoms with Crippen LogP contribution in [-0.2, 0) is 6.42 Å². The van der Waals surface area contributed by atoms with E-state index in [1.54, 1.807) is 11.1 Å². The van der Waals surface area contributed by atoms with Crippen LogP contribution in [0.5, 0.6) is 0 Å². The van der Waals surface area contributed by atoms with Crippen molar-refractivity contribution in [2.45, 2.75) is 44.2 Å². The van der Waals surface area contributed by atoms with Crippen LogP contribution in [0.1, 0.15) is 42.9 Å². The van der Waals surface area contributed by atoms with Crippen molar-refractivity contribution in [3.05, 3.63) is 35.4 Å². The second kappa shape index (κ2) is 5.45. The molecule has 1 heterocycles. The summed E-state index contributed by atoms with van der Waals surface area (Å²) in [6.07, 6.45) is 6.66. The lowest BCUT2D eigenvalue weighted by Gasteiger charge is -2.23. The van der Waals surface area contributed by atoms with Crippen LogP contribution in [0.4, 0.5) is 0 Å². The van der Waals surface area contributed by atoms with Crippen molar-refractivity contribution in [3.63, 3.8) is 0 Å². The zero-order valence-electron chi connectivity index (χ0n) is 10.3. The molecule has 17 heavy (non-hydrogen) atoms. The van der Waals surface area contributed by atoms with Crippen molar-refractivity contribution in [3.8, 4) is 0 Å². The van der Waals surface area contributed by atoms with Gasteiger partial charge in [0.05, 0.1) is 0 Å². The first-order valence-electron chi connectivity index (χ1n) is 6.85. The molecule has 1 nitrogen and oxygen atoms in total. The molecule has 1 aromatic carbocycles. The Morgan fingerprint density at radius 1 is 1.12 bits per heavy atom. The number of fused-ring (bicyclic) bond motifs is 1. The summed E-state index contributed by atoms with van der Waals surface area (Å²) in [4.78, 5) is 0. The maximum atomic E-state index is 3.89. The summed E-state index contributed by atoms with van der Waals surface area (Å²) in [7, 11) is 0. The number of thioether (sulfide) groups is 1. The predicted molar refractivity (Wildman–Crippen MR) is 75.6 cm³/mol. The number of benzene rings is 1. The Bertz CT molecular complexity index is 371. The van der Waals surface area contributed by atoms with E-state index < -0.39 is 0 Å². The highest BCUT2D eigenvalue weighted by molar-refractivity contribution is 7.99. The molecule has 2 heteroatoms. The summed E-state index contributed by atoms with van der Waals surface area (Å²) in [5.41, 5.74) is 3.15. The Labute approximate surface area is 108 Å². The molecule has 1 aliphatic carbocycles. The number of aryl methyl sites for hydroxylation is 1. The topological polar surface area (TPSA) is 12.0 Å². The lowest BCUT2D eigenvalue weighted by molar-refractivity contribution is 0.433. The summed E-state index contributed by atoms with van der Waals surface area (Å²) >= 11 is 2.09. The third-order valence-electron chi connectivity index (χ3n) is 3.99. The van der Waals surface area contributed by atoms with Crippen LogP contribution >= 0.6 is 11.8 Å². The summed E-state index contributed by atoms with van der Waals surface area (Å²) < 4.78 is 0. The van der Waals surface area contributed by atoms with Gasteiger partial charge in [-0.25, -0.2) is 0 Å². The van der Waals surface area contributed by atoms with Crippen LogP contribution in [0.3, 0.4) is 0 Å². The molecule has 0 spiro atoms. The van der Waals surface area contributed by atoms with E-state index >= 15 is 0 Å². The zero-order chi connectivity index (χ0) is 11.5. The van der Waals surface area contributed by atoms with Crippen molar-refractivity contribution < 1.29 is 0 Å². The lowest BCUT2D eigenvalue weighted by Crippen LogP contribution is -2.32. The van der Waals surface area contributed by atoms with Crippen molar-refractivity contribution in [2.75, 3.05) is 11.5 Å². The average Bonchev–Trinajstić information content (AvgIpc) is 2.78. The SMILES string of the molecule is c1ccc2c(c1)CCCCC2NC1CCSC1. The van der Waals surface area contributed by atoms with E-state index in [-0.39, 0.29) is 0 Å². The highest BCUT2D eigenvalue weighted by Crippen LogP contribution is 2.30. The van der Waals surface area contributed by atoms with Crippen LogP contribution in [0.25, 0.3) is 0 Å². The number of hydrogen-bond donors (Lipinski definition) is 1. The third kappa shape index (κ3) is 2.69. The van der Waals surface area contributed by atoms with E-state index in [1.807, 2.05) is 0 Å². The van der Waals surface area contributed by atoms with Crippen molar-refractivity contribution >= 4 is 11.8 Å². The standard InChI is InChI=1S/C15H21NS/c1-3-7-14-12(5-1)6-2-4-8-15(14)16-13-9-10-17-11-13/h1,3,5,7,13,15-16H,2,4,6,8-11H2. The third-order valence-corrected chi connectivity index (χ3v) is 5.15. The van der Waals surface area contributed by atoms with Gasteiger partial charge in [-0.3, -0.25) is 0 Å². The van der Waals surface area contributed by atoms with E-state index in [4.69, 9.17) is 0 Å². The van der Waals surface area contributed by atoms with E-state index in [0.29, 0.717) is 6.04 Å². The molecule has 2 atom stereocenters. The summed E-state index contributed by atoms with van der Waals surface area (Å²) in [5, 5.41) is 3.89. The van der Waals surface area contributed by atoms with Crippen LogP contribution in [0, 0.1) is 0 Å². The molecular weight excluding hydrogens is 226 g/mol. The van der Waals surface area contributed by atoms with Crippen LogP contribution in [-0.4, -0.2) is 17.5 Å².